The van der Waals surface area contributed by atoms with Crippen LogP contribution in [-0.2, 0) is 0 Å². The van der Waals surface area contributed by atoms with Gasteiger partial charge in [0.1, 0.15) is 5.82 Å². The number of nitrogens with two attached hydrogens (primary N) is 1. The summed E-state index contributed by atoms with van der Waals surface area (Å²) in [6.45, 7) is 0.338. The van der Waals surface area contributed by atoms with Gasteiger partial charge in [0.2, 0.25) is 0 Å². The number of hydrogen-bond donors (Lipinski definition) is 2. The van der Waals surface area contributed by atoms with Crippen molar-refractivity contribution >= 4 is 5.91 Å². The zero-order chi connectivity index (χ0) is 14.5. The van der Waals surface area contributed by atoms with Crippen LogP contribution >= 0.6 is 0 Å². The van der Waals surface area contributed by atoms with E-state index >= 15 is 0 Å². The number of carbonyl (C=O) groups excluding carboxylic acids is 1. The maximum absolute atomic E-state index is 13.3. The maximum atomic E-state index is 13.3. The van der Waals surface area contributed by atoms with Crippen molar-refractivity contribution in [2.24, 2.45) is 5.73 Å². The zero-order valence-corrected chi connectivity index (χ0v) is 11.1. The average molecular weight is 276 g/mol. The van der Waals surface area contributed by atoms with E-state index in [-0.39, 0.29) is 31.6 Å². The third-order valence-electron chi connectivity index (χ3n) is 3.13. The molecule has 3 N–H and O–H groups in total. The van der Waals surface area contributed by atoms with E-state index in [1.54, 1.807) is 4.90 Å². The summed E-state index contributed by atoms with van der Waals surface area (Å²) in [6, 6.07) is 4.09. The molecule has 0 heterocycles. The largest absolute Gasteiger partial charge is 0.395 e. The number of benzene rings is 1. The van der Waals surface area contributed by atoms with Crippen LogP contribution in [0, 0.1) is 17.7 Å². The van der Waals surface area contributed by atoms with Crippen molar-refractivity contribution < 1.29 is 14.3 Å². The lowest BCUT2D eigenvalue weighted by atomic mass is 10.1. The Morgan fingerprint density at radius 3 is 2.85 bits per heavy atom. The molecule has 0 atom stereocenters. The van der Waals surface area contributed by atoms with E-state index in [0.717, 1.165) is 12.8 Å². The average Bonchev–Trinajstić information content (AvgIpc) is 3.26. The van der Waals surface area contributed by atoms with E-state index in [4.69, 9.17) is 10.8 Å². The molecule has 1 aromatic rings. The van der Waals surface area contributed by atoms with Crippen LogP contribution in [0.15, 0.2) is 18.2 Å². The lowest BCUT2D eigenvalue weighted by Crippen LogP contribution is -2.35. The standard InChI is InChI=1S/C15H17FN2O2/c16-12-3-6-14(11(10-12)2-1-7-17)15(20)18(8-9-19)13-4-5-13/h3,6,10,13,19H,4-5,7-9,17H2. The van der Waals surface area contributed by atoms with E-state index in [0.29, 0.717) is 11.1 Å². The Labute approximate surface area is 117 Å². The van der Waals surface area contributed by atoms with E-state index in [1.807, 2.05) is 0 Å². The van der Waals surface area contributed by atoms with Crippen LogP contribution in [0.3, 0.4) is 0 Å². The normalized spacial score (nSPS) is 13.6. The molecule has 0 spiro atoms. The minimum atomic E-state index is -0.442. The number of halogens is 1. The number of nitrogens with zero attached hydrogens (tertiary/aromatic N) is 1. The van der Waals surface area contributed by atoms with Gasteiger partial charge in [0.15, 0.2) is 0 Å². The van der Waals surface area contributed by atoms with Gasteiger partial charge < -0.3 is 15.7 Å². The number of aliphatic hydroxyl groups excluding tert-OH is 1. The summed E-state index contributed by atoms with van der Waals surface area (Å²) >= 11 is 0. The molecule has 106 valence electrons. The van der Waals surface area contributed by atoms with Gasteiger partial charge in [-0.25, -0.2) is 4.39 Å². The molecular weight excluding hydrogens is 259 g/mol. The van der Waals surface area contributed by atoms with Crippen LogP contribution in [0.5, 0.6) is 0 Å². The minimum absolute atomic E-state index is 0.0900. The van der Waals surface area contributed by atoms with Gasteiger partial charge in [-0.3, -0.25) is 4.79 Å². The van der Waals surface area contributed by atoms with Crippen molar-refractivity contribution in [2.75, 3.05) is 19.7 Å². The van der Waals surface area contributed by atoms with Crippen LogP contribution in [0.2, 0.25) is 0 Å². The van der Waals surface area contributed by atoms with Gasteiger partial charge >= 0.3 is 0 Å². The molecule has 0 aliphatic heterocycles. The molecule has 0 aromatic heterocycles. The molecular formula is C15H17FN2O2. The number of carbonyl (C=O) groups is 1. The first-order chi connectivity index (χ1) is 9.67. The monoisotopic (exact) mass is 276 g/mol. The number of hydrogen-bond acceptors (Lipinski definition) is 3. The fourth-order valence-corrected chi connectivity index (χ4v) is 2.05. The lowest BCUT2D eigenvalue weighted by Gasteiger charge is -2.22. The summed E-state index contributed by atoms with van der Waals surface area (Å²) in [5.41, 5.74) is 6.00. The fraction of sp³-hybridized carbons (Fsp3) is 0.400. The number of aliphatic hydroxyl groups is 1. The van der Waals surface area contributed by atoms with Crippen LogP contribution in [0.4, 0.5) is 4.39 Å². The molecule has 5 heteroatoms. The van der Waals surface area contributed by atoms with Gasteiger partial charge in [-0.15, -0.1) is 0 Å². The van der Waals surface area contributed by atoms with Crippen LogP contribution in [0.25, 0.3) is 0 Å². The maximum Gasteiger partial charge on any atom is 0.255 e. The first-order valence-corrected chi connectivity index (χ1v) is 6.57. The predicted octanol–water partition coefficient (Wildman–Crippen LogP) is 0.733. The van der Waals surface area contributed by atoms with Gasteiger partial charge in [0.25, 0.3) is 5.91 Å². The van der Waals surface area contributed by atoms with E-state index in [2.05, 4.69) is 11.8 Å². The van der Waals surface area contributed by atoms with Crippen molar-refractivity contribution in [1.82, 2.24) is 4.90 Å². The highest BCUT2D eigenvalue weighted by Crippen LogP contribution is 2.28. The highest BCUT2D eigenvalue weighted by Gasteiger charge is 2.33. The Morgan fingerprint density at radius 2 is 2.25 bits per heavy atom. The van der Waals surface area contributed by atoms with Crippen molar-refractivity contribution in [3.63, 3.8) is 0 Å². The van der Waals surface area contributed by atoms with E-state index in [1.165, 1.54) is 18.2 Å². The quantitative estimate of drug-likeness (QED) is 0.797. The Kier molecular flexibility index (Phi) is 4.72. The Morgan fingerprint density at radius 1 is 1.50 bits per heavy atom. The summed E-state index contributed by atoms with van der Waals surface area (Å²) < 4.78 is 13.3. The molecule has 0 bridgehead atoms. The van der Waals surface area contributed by atoms with Crippen LogP contribution < -0.4 is 5.73 Å². The summed E-state index contributed by atoms with van der Waals surface area (Å²) in [6.07, 6.45) is 1.88. The summed E-state index contributed by atoms with van der Waals surface area (Å²) in [4.78, 5) is 14.1. The predicted molar refractivity (Wildman–Crippen MR) is 73.5 cm³/mol. The first-order valence-electron chi connectivity index (χ1n) is 6.57. The van der Waals surface area contributed by atoms with Crippen molar-refractivity contribution in [2.45, 2.75) is 18.9 Å². The second kappa shape index (κ2) is 6.51. The van der Waals surface area contributed by atoms with Crippen molar-refractivity contribution in [1.29, 1.82) is 0 Å². The molecule has 4 nitrogen and oxygen atoms in total. The highest BCUT2D eigenvalue weighted by molar-refractivity contribution is 5.97. The molecule has 1 fully saturated rings. The highest BCUT2D eigenvalue weighted by atomic mass is 19.1. The van der Waals surface area contributed by atoms with Gasteiger partial charge in [-0.05, 0) is 31.0 Å². The van der Waals surface area contributed by atoms with Crippen LogP contribution in [0.1, 0.15) is 28.8 Å². The molecule has 0 radical (unpaired) electrons. The fourth-order valence-electron chi connectivity index (χ4n) is 2.05. The molecule has 2 rings (SSSR count). The van der Waals surface area contributed by atoms with Crippen molar-refractivity contribution in [3.05, 3.63) is 35.1 Å². The van der Waals surface area contributed by atoms with E-state index < -0.39 is 5.82 Å². The molecule has 1 aliphatic carbocycles. The molecule has 1 aliphatic rings. The molecule has 20 heavy (non-hydrogen) atoms. The molecule has 1 amide bonds. The van der Waals surface area contributed by atoms with Gasteiger partial charge in [0.05, 0.1) is 18.7 Å². The van der Waals surface area contributed by atoms with Crippen LogP contribution in [-0.4, -0.2) is 41.7 Å². The summed E-state index contributed by atoms with van der Waals surface area (Å²) in [5, 5.41) is 9.07. The Bertz CT molecular complexity index is 559. The van der Waals surface area contributed by atoms with Gasteiger partial charge in [0, 0.05) is 18.2 Å². The SMILES string of the molecule is NCC#Cc1cc(F)ccc1C(=O)N(CCO)C1CC1. The lowest BCUT2D eigenvalue weighted by molar-refractivity contribution is 0.0707. The van der Waals surface area contributed by atoms with E-state index in [9.17, 15) is 9.18 Å². The van der Waals surface area contributed by atoms with Gasteiger partial charge in [-0.2, -0.15) is 0 Å². The summed E-state index contributed by atoms with van der Waals surface area (Å²) in [7, 11) is 0. The third-order valence-corrected chi connectivity index (χ3v) is 3.13. The Hall–Kier alpha value is -1.90. The topological polar surface area (TPSA) is 66.6 Å². The zero-order valence-electron chi connectivity index (χ0n) is 11.1. The number of amides is 1. The third kappa shape index (κ3) is 3.35. The Balaban J connectivity index is 2.32. The number of rotatable bonds is 4. The summed E-state index contributed by atoms with van der Waals surface area (Å²) in [5.74, 6) is 4.70. The second-order valence-corrected chi connectivity index (χ2v) is 4.65. The first kappa shape index (κ1) is 14.5. The molecule has 1 saturated carbocycles. The smallest absolute Gasteiger partial charge is 0.255 e. The van der Waals surface area contributed by atoms with Gasteiger partial charge in [-0.1, -0.05) is 11.8 Å². The second-order valence-electron chi connectivity index (χ2n) is 4.65. The molecule has 0 saturated heterocycles. The molecule has 1 aromatic carbocycles. The van der Waals surface area contributed by atoms with Crippen molar-refractivity contribution in [3.8, 4) is 11.8 Å². The molecule has 0 unspecified atom stereocenters. The minimum Gasteiger partial charge on any atom is -0.395 e.